The Balaban J connectivity index is 1.75. The molecule has 0 radical (unpaired) electrons. The van der Waals surface area contributed by atoms with Crippen molar-refractivity contribution >= 4 is 34.5 Å². The van der Waals surface area contributed by atoms with Gasteiger partial charge in [0.2, 0.25) is 0 Å². The third-order valence-electron chi connectivity index (χ3n) is 5.44. The molecule has 0 spiro atoms. The normalized spacial score (nSPS) is 15.9. The van der Waals surface area contributed by atoms with Crippen molar-refractivity contribution in [3.05, 3.63) is 93.9 Å². The lowest BCUT2D eigenvalue weighted by molar-refractivity contribution is -0.138. The summed E-state index contributed by atoms with van der Waals surface area (Å²) in [7, 11) is 1.60. The van der Waals surface area contributed by atoms with Crippen molar-refractivity contribution in [3.63, 3.8) is 0 Å². The highest BCUT2D eigenvalue weighted by atomic mass is 32.2. The first kappa shape index (κ1) is 23.4. The SMILES string of the molecule is CCOC(=O)C1=C(O)C(=Cc2cc(C)n(-c3ccccc3)c2C)SC1=Nc1ccc(OC)cc1. The molecule has 1 aliphatic heterocycles. The molecule has 2 heterocycles. The summed E-state index contributed by atoms with van der Waals surface area (Å²) in [6, 6.07) is 19.3. The van der Waals surface area contributed by atoms with Gasteiger partial charge in [-0.25, -0.2) is 9.79 Å². The average molecular weight is 475 g/mol. The monoisotopic (exact) mass is 474 g/mol. The molecule has 0 aliphatic carbocycles. The van der Waals surface area contributed by atoms with Crippen LogP contribution >= 0.6 is 11.8 Å². The van der Waals surface area contributed by atoms with Crippen LogP contribution < -0.4 is 4.74 Å². The number of aliphatic imine (C=N–C) groups is 1. The van der Waals surface area contributed by atoms with Crippen LogP contribution in [-0.4, -0.2) is 34.4 Å². The third kappa shape index (κ3) is 4.65. The minimum atomic E-state index is -0.599. The van der Waals surface area contributed by atoms with Crippen LogP contribution in [0, 0.1) is 13.8 Å². The van der Waals surface area contributed by atoms with Crippen LogP contribution in [0.2, 0.25) is 0 Å². The molecule has 2 aromatic carbocycles. The van der Waals surface area contributed by atoms with E-state index in [2.05, 4.69) is 27.8 Å². The zero-order valence-electron chi connectivity index (χ0n) is 19.5. The Kier molecular flexibility index (Phi) is 6.93. The van der Waals surface area contributed by atoms with E-state index in [9.17, 15) is 9.90 Å². The molecule has 1 aliphatic rings. The standard InChI is InChI=1S/C27H26N2O4S/c1-5-33-27(31)24-25(30)23(34-26(24)28-20-11-13-22(32-4)14-12-20)16-19-15-17(2)29(18(19)3)21-9-7-6-8-10-21/h6-16,30H,5H2,1-4H3. The number of hydrogen-bond acceptors (Lipinski definition) is 6. The average Bonchev–Trinajstić information content (AvgIpc) is 3.29. The zero-order valence-corrected chi connectivity index (χ0v) is 20.3. The molecule has 0 saturated heterocycles. The van der Waals surface area contributed by atoms with E-state index >= 15 is 0 Å². The number of hydrogen-bond donors (Lipinski definition) is 1. The van der Waals surface area contributed by atoms with Crippen molar-refractivity contribution in [2.24, 2.45) is 4.99 Å². The van der Waals surface area contributed by atoms with Crippen molar-refractivity contribution in [2.45, 2.75) is 20.8 Å². The van der Waals surface area contributed by atoms with Crippen molar-refractivity contribution in [1.29, 1.82) is 0 Å². The maximum absolute atomic E-state index is 12.7. The molecule has 3 aromatic rings. The summed E-state index contributed by atoms with van der Waals surface area (Å²) >= 11 is 1.25. The van der Waals surface area contributed by atoms with Gasteiger partial charge in [0.25, 0.3) is 0 Å². The fraction of sp³-hybridized carbons (Fsp3) is 0.185. The van der Waals surface area contributed by atoms with E-state index in [1.54, 1.807) is 38.3 Å². The first-order valence-electron chi connectivity index (χ1n) is 10.9. The van der Waals surface area contributed by atoms with Crippen LogP contribution in [0.25, 0.3) is 11.8 Å². The van der Waals surface area contributed by atoms with Crippen LogP contribution in [0.5, 0.6) is 5.75 Å². The fourth-order valence-electron chi connectivity index (χ4n) is 3.82. The van der Waals surface area contributed by atoms with Crippen molar-refractivity contribution in [3.8, 4) is 11.4 Å². The molecule has 0 amide bonds. The molecule has 34 heavy (non-hydrogen) atoms. The molecular formula is C27H26N2O4S. The lowest BCUT2D eigenvalue weighted by atomic mass is 10.2. The number of para-hydroxylation sites is 1. The van der Waals surface area contributed by atoms with Gasteiger partial charge in [0.1, 0.15) is 22.1 Å². The van der Waals surface area contributed by atoms with E-state index < -0.39 is 5.97 Å². The number of carbonyl (C=O) groups excluding carboxylic acids is 1. The number of aliphatic hydroxyl groups is 1. The molecular weight excluding hydrogens is 448 g/mol. The van der Waals surface area contributed by atoms with E-state index in [-0.39, 0.29) is 17.9 Å². The Morgan fingerprint density at radius 2 is 1.82 bits per heavy atom. The van der Waals surface area contributed by atoms with Crippen LogP contribution in [0.3, 0.4) is 0 Å². The lowest BCUT2D eigenvalue weighted by Crippen LogP contribution is -2.12. The number of carbonyl (C=O) groups is 1. The van der Waals surface area contributed by atoms with Gasteiger partial charge >= 0.3 is 5.97 Å². The Labute approximate surface area is 203 Å². The molecule has 1 aromatic heterocycles. The second-order valence-corrected chi connectivity index (χ2v) is 8.70. The van der Waals surface area contributed by atoms with Gasteiger partial charge in [0.05, 0.1) is 24.3 Å². The van der Waals surface area contributed by atoms with Gasteiger partial charge in [-0.3, -0.25) is 0 Å². The van der Waals surface area contributed by atoms with Crippen LogP contribution in [0.15, 0.2) is 81.9 Å². The van der Waals surface area contributed by atoms with Crippen LogP contribution in [0.1, 0.15) is 23.9 Å². The van der Waals surface area contributed by atoms with E-state index in [0.29, 0.717) is 21.4 Å². The van der Waals surface area contributed by atoms with Crippen LogP contribution in [0.4, 0.5) is 5.69 Å². The highest BCUT2D eigenvalue weighted by Crippen LogP contribution is 2.41. The summed E-state index contributed by atoms with van der Waals surface area (Å²) in [5, 5.41) is 11.4. The first-order chi connectivity index (χ1) is 16.4. The quantitative estimate of drug-likeness (QED) is 0.425. The number of aliphatic hydroxyl groups excluding tert-OH is 1. The predicted molar refractivity (Wildman–Crippen MR) is 137 cm³/mol. The number of ether oxygens (including phenoxy) is 2. The number of rotatable bonds is 6. The van der Waals surface area contributed by atoms with E-state index in [1.807, 2.05) is 38.1 Å². The van der Waals surface area contributed by atoms with Gasteiger partial charge in [0.15, 0.2) is 0 Å². The summed E-state index contributed by atoms with van der Waals surface area (Å²) in [6.07, 6.45) is 1.89. The summed E-state index contributed by atoms with van der Waals surface area (Å²) < 4.78 is 12.6. The molecule has 174 valence electrons. The smallest absolute Gasteiger partial charge is 0.344 e. The number of aryl methyl sites for hydroxylation is 1. The Morgan fingerprint density at radius 3 is 2.47 bits per heavy atom. The molecule has 4 rings (SSSR count). The number of methoxy groups -OCH3 is 1. The molecule has 1 N–H and O–H groups in total. The Hall–Kier alpha value is -3.71. The number of benzene rings is 2. The molecule has 0 bridgehead atoms. The maximum atomic E-state index is 12.7. The largest absolute Gasteiger partial charge is 0.506 e. The third-order valence-corrected chi connectivity index (χ3v) is 6.46. The predicted octanol–water partition coefficient (Wildman–Crippen LogP) is 6.30. The van der Waals surface area contributed by atoms with Gasteiger partial charge in [-0.2, -0.15) is 0 Å². The van der Waals surface area contributed by atoms with Gasteiger partial charge in [-0.05, 0) is 74.9 Å². The summed E-state index contributed by atoms with van der Waals surface area (Å²) in [6.45, 7) is 6.01. The van der Waals surface area contributed by atoms with Crippen molar-refractivity contribution < 1.29 is 19.4 Å². The van der Waals surface area contributed by atoms with Gasteiger partial charge in [-0.15, -0.1) is 0 Å². The molecule has 6 nitrogen and oxygen atoms in total. The van der Waals surface area contributed by atoms with E-state index in [0.717, 1.165) is 22.6 Å². The number of nitrogens with zero attached hydrogens (tertiary/aromatic N) is 2. The highest BCUT2D eigenvalue weighted by Gasteiger charge is 2.33. The highest BCUT2D eigenvalue weighted by molar-refractivity contribution is 8.18. The van der Waals surface area contributed by atoms with Crippen molar-refractivity contribution in [1.82, 2.24) is 4.57 Å². The lowest BCUT2D eigenvalue weighted by Gasteiger charge is -2.09. The maximum Gasteiger partial charge on any atom is 0.344 e. The Bertz CT molecular complexity index is 1300. The molecule has 0 atom stereocenters. The first-order valence-corrected chi connectivity index (χ1v) is 11.7. The number of thioether (sulfide) groups is 1. The summed E-state index contributed by atoms with van der Waals surface area (Å²) in [5.74, 6) is -0.0143. The van der Waals surface area contributed by atoms with Crippen LogP contribution in [-0.2, 0) is 9.53 Å². The van der Waals surface area contributed by atoms with Gasteiger partial charge in [-0.1, -0.05) is 30.0 Å². The second kappa shape index (κ2) is 10.1. The molecule has 0 saturated carbocycles. The Morgan fingerprint density at radius 1 is 1.12 bits per heavy atom. The molecule has 7 heteroatoms. The van der Waals surface area contributed by atoms with Crippen molar-refractivity contribution in [2.75, 3.05) is 13.7 Å². The second-order valence-electron chi connectivity index (χ2n) is 7.67. The topological polar surface area (TPSA) is 73.0 Å². The summed E-state index contributed by atoms with van der Waals surface area (Å²) in [5.41, 5.74) is 4.83. The number of esters is 1. The molecule has 0 unspecified atom stereocenters. The zero-order chi connectivity index (χ0) is 24.2. The fourth-order valence-corrected chi connectivity index (χ4v) is 4.84. The molecule has 0 fully saturated rings. The number of aromatic nitrogens is 1. The van der Waals surface area contributed by atoms with Gasteiger partial charge in [0, 0.05) is 17.1 Å². The van der Waals surface area contributed by atoms with Gasteiger partial charge < -0.3 is 19.1 Å². The van der Waals surface area contributed by atoms with E-state index in [1.165, 1.54) is 11.8 Å². The minimum absolute atomic E-state index is 0.0748. The summed E-state index contributed by atoms with van der Waals surface area (Å²) in [4.78, 5) is 17.8. The minimum Gasteiger partial charge on any atom is -0.506 e. The van der Waals surface area contributed by atoms with E-state index in [4.69, 9.17) is 9.47 Å².